The Balaban J connectivity index is 1.20. The summed E-state index contributed by atoms with van der Waals surface area (Å²) in [7, 11) is 0. The van der Waals surface area contributed by atoms with Crippen molar-refractivity contribution in [1.82, 2.24) is 20.2 Å². The van der Waals surface area contributed by atoms with Crippen molar-refractivity contribution in [1.29, 1.82) is 0 Å². The summed E-state index contributed by atoms with van der Waals surface area (Å²) < 4.78 is 44.3. The molecule has 0 spiro atoms. The van der Waals surface area contributed by atoms with Crippen LogP contribution in [0.15, 0.2) is 22.6 Å². The fraction of sp³-hybridized carbons (Fsp3) is 0.520. The molecule has 3 aliphatic rings. The fourth-order valence-corrected chi connectivity index (χ4v) is 4.99. The Kier molecular flexibility index (Phi) is 6.49. The average Bonchev–Trinajstić information content (AvgIpc) is 3.57. The highest BCUT2D eigenvalue weighted by Crippen LogP contribution is 2.32. The van der Waals surface area contributed by atoms with E-state index in [2.05, 4.69) is 20.4 Å². The first kappa shape index (κ1) is 23.8. The van der Waals surface area contributed by atoms with Crippen LogP contribution in [0.3, 0.4) is 0 Å². The van der Waals surface area contributed by atoms with E-state index < -0.39 is 11.6 Å². The number of aromatic nitrogens is 4. The van der Waals surface area contributed by atoms with Crippen LogP contribution in [-0.2, 0) is 17.7 Å². The second kappa shape index (κ2) is 10.1. The SMILES string of the molecule is Cc1nnc(N2CCc3nc(N4CCC(Oc5ccc(F)cc5F)CC4)c(N[C@@H]4CCOC4)nc3C2)o1. The van der Waals surface area contributed by atoms with Crippen molar-refractivity contribution in [3.63, 3.8) is 0 Å². The van der Waals surface area contributed by atoms with E-state index in [1.54, 1.807) is 6.92 Å². The average molecular weight is 514 g/mol. The molecule has 3 aliphatic heterocycles. The maximum atomic E-state index is 14.1. The second-order valence-electron chi connectivity index (χ2n) is 9.65. The third-order valence-corrected chi connectivity index (χ3v) is 6.98. The summed E-state index contributed by atoms with van der Waals surface area (Å²) in [6, 6.07) is 4.07. The van der Waals surface area contributed by atoms with Crippen LogP contribution in [0, 0.1) is 18.6 Å². The Morgan fingerprint density at radius 3 is 2.62 bits per heavy atom. The van der Waals surface area contributed by atoms with E-state index in [1.807, 2.05) is 4.90 Å². The molecule has 0 unspecified atom stereocenters. The zero-order chi connectivity index (χ0) is 25.4. The van der Waals surface area contributed by atoms with E-state index >= 15 is 0 Å². The van der Waals surface area contributed by atoms with Gasteiger partial charge in [0, 0.05) is 58.5 Å². The van der Waals surface area contributed by atoms with Gasteiger partial charge >= 0.3 is 6.01 Å². The number of piperidine rings is 1. The van der Waals surface area contributed by atoms with Crippen molar-refractivity contribution in [3.8, 4) is 5.75 Å². The Bertz CT molecular complexity index is 1260. The third kappa shape index (κ3) is 5.15. The molecule has 0 bridgehead atoms. The van der Waals surface area contributed by atoms with E-state index in [1.165, 1.54) is 12.1 Å². The van der Waals surface area contributed by atoms with Crippen molar-refractivity contribution in [2.24, 2.45) is 0 Å². The molecule has 10 nitrogen and oxygen atoms in total. The molecular formula is C25H29F2N7O3. The molecule has 0 saturated carbocycles. The highest BCUT2D eigenvalue weighted by molar-refractivity contribution is 5.63. The summed E-state index contributed by atoms with van der Waals surface area (Å²) >= 11 is 0. The molecular weight excluding hydrogens is 484 g/mol. The first-order valence-corrected chi connectivity index (χ1v) is 12.7. The number of hydrogen-bond donors (Lipinski definition) is 1. The number of fused-ring (bicyclic) bond motifs is 1. The van der Waals surface area contributed by atoms with Crippen LogP contribution in [0.25, 0.3) is 0 Å². The molecule has 6 rings (SSSR count). The molecule has 1 N–H and O–H groups in total. The predicted molar refractivity (Wildman–Crippen MR) is 131 cm³/mol. The lowest BCUT2D eigenvalue weighted by atomic mass is 10.1. The van der Waals surface area contributed by atoms with E-state index in [-0.39, 0.29) is 17.9 Å². The topological polar surface area (TPSA) is 102 Å². The maximum absolute atomic E-state index is 14.1. The third-order valence-electron chi connectivity index (χ3n) is 6.98. The van der Waals surface area contributed by atoms with Gasteiger partial charge in [0.05, 0.1) is 30.6 Å². The van der Waals surface area contributed by atoms with Crippen LogP contribution < -0.4 is 19.9 Å². The monoisotopic (exact) mass is 513 g/mol. The number of hydrogen-bond acceptors (Lipinski definition) is 10. The van der Waals surface area contributed by atoms with Crippen LogP contribution in [0.4, 0.5) is 26.4 Å². The van der Waals surface area contributed by atoms with Crippen LogP contribution in [0.5, 0.6) is 5.75 Å². The van der Waals surface area contributed by atoms with Gasteiger partial charge < -0.3 is 29.0 Å². The van der Waals surface area contributed by atoms with Gasteiger partial charge in [-0.25, -0.2) is 18.7 Å². The molecule has 0 radical (unpaired) electrons. The molecule has 196 valence electrons. The van der Waals surface area contributed by atoms with E-state index in [0.29, 0.717) is 64.0 Å². The van der Waals surface area contributed by atoms with Crippen molar-refractivity contribution in [2.45, 2.75) is 51.3 Å². The number of ether oxygens (including phenoxy) is 2. The van der Waals surface area contributed by atoms with Crippen molar-refractivity contribution < 1.29 is 22.7 Å². The van der Waals surface area contributed by atoms with Crippen molar-refractivity contribution in [3.05, 3.63) is 47.1 Å². The van der Waals surface area contributed by atoms with Crippen LogP contribution in [0.2, 0.25) is 0 Å². The van der Waals surface area contributed by atoms with Gasteiger partial charge in [-0.3, -0.25) is 0 Å². The van der Waals surface area contributed by atoms with E-state index in [4.69, 9.17) is 23.9 Å². The Morgan fingerprint density at radius 2 is 1.89 bits per heavy atom. The molecule has 1 atom stereocenters. The summed E-state index contributed by atoms with van der Waals surface area (Å²) in [4.78, 5) is 14.3. The predicted octanol–water partition coefficient (Wildman–Crippen LogP) is 3.26. The molecule has 2 saturated heterocycles. The van der Waals surface area contributed by atoms with Gasteiger partial charge in [-0.1, -0.05) is 5.10 Å². The van der Waals surface area contributed by atoms with Crippen molar-refractivity contribution in [2.75, 3.05) is 48.0 Å². The van der Waals surface area contributed by atoms with Crippen LogP contribution >= 0.6 is 0 Å². The first-order valence-electron chi connectivity index (χ1n) is 12.7. The van der Waals surface area contributed by atoms with Crippen molar-refractivity contribution >= 4 is 17.7 Å². The minimum atomic E-state index is -0.682. The highest BCUT2D eigenvalue weighted by Gasteiger charge is 2.30. The summed E-state index contributed by atoms with van der Waals surface area (Å²) in [5.74, 6) is 0.867. The lowest BCUT2D eigenvalue weighted by Gasteiger charge is -2.35. The molecule has 12 heteroatoms. The minimum absolute atomic E-state index is 0.0815. The van der Waals surface area contributed by atoms with Crippen LogP contribution in [-0.4, -0.2) is 65.2 Å². The molecule has 0 amide bonds. The van der Waals surface area contributed by atoms with Gasteiger partial charge in [-0.2, -0.15) is 0 Å². The molecule has 3 aromatic rings. The lowest BCUT2D eigenvalue weighted by Crippen LogP contribution is -2.40. The number of nitrogens with zero attached hydrogens (tertiary/aromatic N) is 6. The lowest BCUT2D eigenvalue weighted by molar-refractivity contribution is 0.163. The van der Waals surface area contributed by atoms with Gasteiger partial charge in [0.1, 0.15) is 11.9 Å². The Hall–Kier alpha value is -3.54. The molecule has 5 heterocycles. The number of anilines is 3. The number of benzene rings is 1. The first-order chi connectivity index (χ1) is 18.0. The van der Waals surface area contributed by atoms with Gasteiger partial charge in [-0.15, -0.1) is 5.10 Å². The number of aryl methyl sites for hydroxylation is 1. The quantitative estimate of drug-likeness (QED) is 0.529. The standard InChI is InChI=1S/C25H29F2N7O3/c1-15-31-32-25(36-15)34-10-6-20-21(13-34)29-23(28-17-7-11-35-14-17)24(30-20)33-8-4-18(5-9-33)37-22-3-2-16(26)12-19(22)27/h2-3,12,17-18H,4-11,13-14H2,1H3,(H,28,29)/t17-/m1/s1. The highest BCUT2D eigenvalue weighted by atomic mass is 19.1. The zero-order valence-corrected chi connectivity index (χ0v) is 20.6. The fourth-order valence-electron chi connectivity index (χ4n) is 4.99. The van der Waals surface area contributed by atoms with Crippen LogP contribution in [0.1, 0.15) is 36.5 Å². The summed E-state index contributed by atoms with van der Waals surface area (Å²) in [6.07, 6.45) is 2.84. The maximum Gasteiger partial charge on any atom is 0.318 e. The number of halogens is 2. The molecule has 2 fully saturated rings. The number of nitrogens with one attached hydrogen (secondary N) is 1. The second-order valence-corrected chi connectivity index (χ2v) is 9.65. The Labute approximate surface area is 213 Å². The summed E-state index contributed by atoms with van der Waals surface area (Å²) in [5, 5.41) is 11.7. The molecule has 37 heavy (non-hydrogen) atoms. The molecule has 1 aromatic carbocycles. The van der Waals surface area contributed by atoms with Gasteiger partial charge in [0.2, 0.25) is 5.89 Å². The van der Waals surface area contributed by atoms with Gasteiger partial charge in [0.15, 0.2) is 23.2 Å². The normalized spacial score (nSPS) is 20.2. The van der Waals surface area contributed by atoms with Gasteiger partial charge in [-0.05, 0) is 18.6 Å². The van der Waals surface area contributed by atoms with E-state index in [0.717, 1.165) is 42.1 Å². The molecule has 2 aromatic heterocycles. The summed E-state index contributed by atoms with van der Waals surface area (Å²) in [5.41, 5.74) is 1.85. The zero-order valence-electron chi connectivity index (χ0n) is 20.6. The largest absolute Gasteiger partial charge is 0.487 e. The van der Waals surface area contributed by atoms with E-state index in [9.17, 15) is 8.78 Å². The smallest absolute Gasteiger partial charge is 0.318 e. The number of rotatable bonds is 6. The molecule has 0 aliphatic carbocycles. The minimum Gasteiger partial charge on any atom is -0.487 e. The Morgan fingerprint density at radius 1 is 1.03 bits per heavy atom. The van der Waals surface area contributed by atoms with Gasteiger partial charge in [0.25, 0.3) is 0 Å². The summed E-state index contributed by atoms with van der Waals surface area (Å²) in [6.45, 7) is 5.75.